The highest BCUT2D eigenvalue weighted by atomic mass is 32.1. The van der Waals surface area contributed by atoms with Crippen molar-refractivity contribution in [3.63, 3.8) is 0 Å². The van der Waals surface area contributed by atoms with E-state index in [1.807, 2.05) is 18.2 Å². The zero-order chi connectivity index (χ0) is 26.2. The minimum absolute atomic E-state index is 0.0189. The molecule has 1 saturated carbocycles. The predicted octanol–water partition coefficient (Wildman–Crippen LogP) is 4.43. The molecular formula is C27H34F2N4O3S. The first-order chi connectivity index (χ1) is 17.7. The number of rotatable bonds is 8. The number of carbonyl (C=O) groups is 2. The third-order valence-corrected chi connectivity index (χ3v) is 8.80. The number of anilines is 1. The highest BCUT2D eigenvalue weighted by Crippen LogP contribution is 2.33. The van der Waals surface area contributed by atoms with Gasteiger partial charge < -0.3 is 15.0 Å². The number of halogens is 2. The second kappa shape index (κ2) is 10.6. The molecule has 3 heterocycles. The van der Waals surface area contributed by atoms with Crippen LogP contribution in [0, 0.1) is 5.92 Å². The van der Waals surface area contributed by atoms with Gasteiger partial charge in [0.25, 0.3) is 17.0 Å². The average Bonchev–Trinajstić information content (AvgIpc) is 3.41. The lowest BCUT2D eigenvalue weighted by molar-refractivity contribution is -0.117. The first-order valence-corrected chi connectivity index (χ1v) is 13.9. The van der Waals surface area contributed by atoms with Crippen molar-refractivity contribution in [2.45, 2.75) is 70.4 Å². The fourth-order valence-electron chi connectivity index (χ4n) is 5.59. The number of carbonyl (C=O) groups excluding carboxylic acids is 2. The Morgan fingerprint density at radius 3 is 2.81 bits per heavy atom. The second-order valence-corrected chi connectivity index (χ2v) is 11.7. The summed E-state index contributed by atoms with van der Waals surface area (Å²) in [7, 11) is 1.75. The Kier molecular flexibility index (Phi) is 7.49. The van der Waals surface area contributed by atoms with Gasteiger partial charge in [0.15, 0.2) is 6.61 Å². The van der Waals surface area contributed by atoms with Crippen molar-refractivity contribution in [3.8, 4) is 5.19 Å². The molecule has 0 radical (unpaired) electrons. The van der Waals surface area contributed by atoms with Gasteiger partial charge in [0.2, 0.25) is 5.91 Å². The number of ether oxygens (including phenoxy) is 1. The summed E-state index contributed by atoms with van der Waals surface area (Å²) in [5.74, 6) is -2.30. The summed E-state index contributed by atoms with van der Waals surface area (Å²) in [5.41, 5.74) is 3.22. The number of thiazole rings is 1. The van der Waals surface area contributed by atoms with E-state index in [-0.39, 0.29) is 24.3 Å². The highest BCUT2D eigenvalue weighted by molar-refractivity contribution is 7.13. The molecule has 2 amide bonds. The normalized spacial score (nSPS) is 22.1. The van der Waals surface area contributed by atoms with Crippen LogP contribution in [0.4, 0.5) is 14.5 Å². The molecule has 5 rings (SSSR count). The summed E-state index contributed by atoms with van der Waals surface area (Å²) in [6.07, 6.45) is 6.35. The molecule has 0 unspecified atom stereocenters. The molecule has 1 aliphatic carbocycles. The maximum Gasteiger partial charge on any atom is 0.278 e. The number of nitrogens with zero attached hydrogens (tertiary/aromatic N) is 3. The Bertz CT molecular complexity index is 1160. The Morgan fingerprint density at radius 1 is 1.27 bits per heavy atom. The van der Waals surface area contributed by atoms with Gasteiger partial charge in [-0.3, -0.25) is 14.5 Å². The van der Waals surface area contributed by atoms with Crippen molar-refractivity contribution in [1.82, 2.24) is 15.2 Å². The van der Waals surface area contributed by atoms with Crippen molar-refractivity contribution >= 4 is 28.8 Å². The van der Waals surface area contributed by atoms with Crippen LogP contribution >= 0.6 is 11.3 Å². The van der Waals surface area contributed by atoms with Gasteiger partial charge in [0.1, 0.15) is 0 Å². The van der Waals surface area contributed by atoms with E-state index in [1.54, 1.807) is 11.9 Å². The number of nitrogens with one attached hydrogen (secondary N) is 1. The number of benzene rings is 1. The van der Waals surface area contributed by atoms with Crippen molar-refractivity contribution in [3.05, 3.63) is 39.9 Å². The molecule has 0 spiro atoms. The molecule has 7 nitrogen and oxygen atoms in total. The molecule has 2 aliphatic heterocycles. The van der Waals surface area contributed by atoms with E-state index in [0.29, 0.717) is 16.7 Å². The lowest BCUT2D eigenvalue weighted by Crippen LogP contribution is -2.38. The number of aromatic nitrogens is 1. The van der Waals surface area contributed by atoms with Gasteiger partial charge in [-0.1, -0.05) is 17.4 Å². The Morgan fingerprint density at radius 2 is 2.05 bits per heavy atom. The molecule has 1 aromatic heterocycles. The maximum atomic E-state index is 13.1. The van der Waals surface area contributed by atoms with E-state index in [4.69, 9.17) is 4.74 Å². The summed E-state index contributed by atoms with van der Waals surface area (Å²) >= 11 is 1.39. The zero-order valence-electron chi connectivity index (χ0n) is 21.4. The van der Waals surface area contributed by atoms with Crippen LogP contribution in [-0.2, 0) is 24.2 Å². The van der Waals surface area contributed by atoms with Crippen LogP contribution in [-0.4, -0.2) is 60.4 Å². The molecule has 1 fully saturated rings. The third-order valence-electron chi connectivity index (χ3n) is 7.73. The van der Waals surface area contributed by atoms with Gasteiger partial charge in [0.05, 0.1) is 12.1 Å². The number of alkyl halides is 2. The molecule has 200 valence electrons. The molecule has 0 atom stereocenters. The highest BCUT2D eigenvalue weighted by Gasteiger charge is 2.30. The largest absolute Gasteiger partial charge is 0.464 e. The van der Waals surface area contributed by atoms with Crippen LogP contribution < -0.4 is 15.0 Å². The number of likely N-dealkylation sites (N-methyl/N-ethyl adjacent to an activating group) is 1. The topological polar surface area (TPSA) is 74.8 Å². The van der Waals surface area contributed by atoms with E-state index in [9.17, 15) is 18.4 Å². The predicted molar refractivity (Wildman–Crippen MR) is 139 cm³/mol. The Balaban J connectivity index is 1.06. The minimum Gasteiger partial charge on any atom is -0.464 e. The van der Waals surface area contributed by atoms with E-state index in [2.05, 4.69) is 15.2 Å². The minimum atomic E-state index is -2.86. The van der Waals surface area contributed by atoms with Gasteiger partial charge in [0, 0.05) is 49.2 Å². The number of fused-ring (bicyclic) bond motifs is 2. The van der Waals surface area contributed by atoms with Crippen LogP contribution in [0.1, 0.15) is 65.5 Å². The van der Waals surface area contributed by atoms with Gasteiger partial charge in [-0.15, -0.1) is 0 Å². The molecular weight excluding hydrogens is 498 g/mol. The lowest BCUT2D eigenvalue weighted by atomic mass is 9.83. The van der Waals surface area contributed by atoms with Crippen LogP contribution in [0.15, 0.2) is 18.2 Å². The Labute approximate surface area is 220 Å². The van der Waals surface area contributed by atoms with Crippen molar-refractivity contribution in [1.29, 1.82) is 0 Å². The van der Waals surface area contributed by atoms with Crippen molar-refractivity contribution < 1.29 is 23.1 Å². The molecule has 0 saturated heterocycles. The van der Waals surface area contributed by atoms with E-state index in [0.717, 1.165) is 86.9 Å². The van der Waals surface area contributed by atoms with Crippen LogP contribution in [0.5, 0.6) is 5.19 Å². The summed E-state index contributed by atoms with van der Waals surface area (Å²) in [5, 5.41) is 3.55. The first-order valence-electron chi connectivity index (χ1n) is 13.1. The molecule has 1 aromatic carbocycles. The van der Waals surface area contributed by atoms with E-state index in [1.165, 1.54) is 11.3 Å². The molecule has 2 aromatic rings. The molecule has 0 bridgehead atoms. The quantitative estimate of drug-likeness (QED) is 0.545. The van der Waals surface area contributed by atoms with Crippen LogP contribution in [0.3, 0.4) is 0 Å². The van der Waals surface area contributed by atoms with Crippen LogP contribution in [0.2, 0.25) is 0 Å². The molecule has 10 heteroatoms. The van der Waals surface area contributed by atoms with Crippen molar-refractivity contribution in [2.75, 3.05) is 31.6 Å². The second-order valence-electron chi connectivity index (χ2n) is 10.6. The summed E-state index contributed by atoms with van der Waals surface area (Å²) in [6.45, 7) is 2.88. The lowest BCUT2D eigenvalue weighted by Gasteiger charge is -2.32. The summed E-state index contributed by atoms with van der Waals surface area (Å²) in [4.78, 5) is 34.7. The summed E-state index contributed by atoms with van der Waals surface area (Å²) < 4.78 is 31.4. The number of amides is 2. The molecule has 37 heavy (non-hydrogen) atoms. The van der Waals surface area contributed by atoms with Gasteiger partial charge in [-0.2, -0.15) is 0 Å². The van der Waals surface area contributed by atoms with E-state index >= 15 is 0 Å². The third kappa shape index (κ3) is 6.12. The first kappa shape index (κ1) is 26.0. The van der Waals surface area contributed by atoms with Crippen molar-refractivity contribution in [2.24, 2.45) is 5.92 Å². The van der Waals surface area contributed by atoms with E-state index < -0.39 is 12.5 Å². The smallest absolute Gasteiger partial charge is 0.278 e. The van der Waals surface area contributed by atoms with Crippen LogP contribution in [0.25, 0.3) is 0 Å². The maximum absolute atomic E-state index is 13.1. The SMILES string of the molecule is CN1C(=O)Cc2c(C(=O)N[C@H]3CC[C@H](CCN4CCc5sc(OCC(C)(F)F)nc5C4)CC3)cccc21. The number of hydrogen-bond acceptors (Lipinski definition) is 6. The molecule has 3 aliphatic rings. The fraction of sp³-hybridized carbons (Fsp3) is 0.593. The monoisotopic (exact) mass is 532 g/mol. The van der Waals surface area contributed by atoms with Gasteiger partial charge >= 0.3 is 0 Å². The fourth-order valence-corrected chi connectivity index (χ4v) is 6.49. The standard InChI is InChI=1S/C27H34F2N4O3S/c1-27(28,29)16-36-26-31-21-15-33(13-11-23(21)37-26)12-10-17-6-8-18(9-7-17)30-25(35)19-4-3-5-22-20(19)14-24(34)32(22)2/h3-5,17-18H,6-16H2,1-2H3,(H,30,35)/t17-,18-. The zero-order valence-corrected chi connectivity index (χ0v) is 22.2. The molecule has 1 N–H and O–H groups in total. The summed E-state index contributed by atoms with van der Waals surface area (Å²) in [6, 6.07) is 5.70. The number of hydrogen-bond donors (Lipinski definition) is 1. The Hall–Kier alpha value is -2.59. The van der Waals surface area contributed by atoms with Gasteiger partial charge in [-0.05, 0) is 68.7 Å². The van der Waals surface area contributed by atoms with Gasteiger partial charge in [-0.25, -0.2) is 13.8 Å². The average molecular weight is 533 g/mol.